The normalized spacial score (nSPS) is 11.8. The van der Waals surface area contributed by atoms with Crippen molar-refractivity contribution in [2.45, 2.75) is 12.8 Å². The smallest absolute Gasteiger partial charge is 0.185 e. The zero-order valence-electron chi connectivity index (χ0n) is 9.38. The van der Waals surface area contributed by atoms with Crippen molar-refractivity contribution >= 4 is 17.1 Å². The number of hydrogen-bond acceptors (Lipinski definition) is 3. The molecule has 0 saturated carbocycles. The molecule has 0 spiro atoms. The van der Waals surface area contributed by atoms with E-state index in [1.54, 1.807) is 11.4 Å². The molecule has 0 amide bonds. The van der Waals surface area contributed by atoms with Crippen LogP contribution in [0.3, 0.4) is 0 Å². The highest BCUT2D eigenvalue weighted by Crippen LogP contribution is 2.22. The average Bonchev–Trinajstić information content (AvgIpc) is 2.83. The fourth-order valence-electron chi connectivity index (χ4n) is 1.71. The Morgan fingerprint density at radius 3 is 2.82 bits per heavy atom. The number of ketones is 1. The maximum Gasteiger partial charge on any atom is 0.185 e. The summed E-state index contributed by atoms with van der Waals surface area (Å²) in [6.45, 7) is 1.95. The van der Waals surface area contributed by atoms with Crippen LogP contribution in [0.1, 0.15) is 27.4 Å². The van der Waals surface area contributed by atoms with Crippen LogP contribution in [0.25, 0.3) is 0 Å². The second kappa shape index (κ2) is 4.94. The zero-order valence-corrected chi connectivity index (χ0v) is 10.2. The Bertz CT molecular complexity index is 566. The van der Waals surface area contributed by atoms with E-state index in [0.717, 1.165) is 11.1 Å². The van der Waals surface area contributed by atoms with E-state index in [1.165, 1.54) is 11.3 Å². The van der Waals surface area contributed by atoms with Gasteiger partial charge < -0.3 is 0 Å². The van der Waals surface area contributed by atoms with Crippen LogP contribution in [0.15, 0.2) is 41.1 Å². The summed E-state index contributed by atoms with van der Waals surface area (Å²) in [6.07, 6.45) is 0. The minimum absolute atomic E-state index is 0.126. The first-order chi connectivity index (χ1) is 8.22. The molecule has 17 heavy (non-hydrogen) atoms. The molecule has 0 saturated heterocycles. The molecule has 0 aliphatic heterocycles. The number of thiophene rings is 1. The fraction of sp³-hybridized carbons (Fsp3) is 0.143. The molecule has 0 fully saturated rings. The Labute approximate surface area is 104 Å². The number of benzene rings is 1. The summed E-state index contributed by atoms with van der Waals surface area (Å²) in [6, 6.07) is 11.4. The summed E-state index contributed by atoms with van der Waals surface area (Å²) in [5.74, 6) is -0.830. The predicted molar refractivity (Wildman–Crippen MR) is 68.2 cm³/mol. The molecule has 0 aliphatic carbocycles. The lowest BCUT2D eigenvalue weighted by molar-refractivity contribution is 0.0979. The van der Waals surface area contributed by atoms with Crippen LogP contribution in [0.2, 0.25) is 0 Å². The van der Waals surface area contributed by atoms with Gasteiger partial charge in [0.25, 0.3) is 0 Å². The van der Waals surface area contributed by atoms with Crippen molar-refractivity contribution in [3.8, 4) is 6.07 Å². The van der Waals surface area contributed by atoms with Crippen molar-refractivity contribution in [2.24, 2.45) is 0 Å². The number of nitriles is 1. The second-order valence-corrected chi connectivity index (χ2v) is 4.63. The molecule has 0 radical (unpaired) electrons. The quantitative estimate of drug-likeness (QED) is 0.771. The molecule has 84 valence electrons. The first-order valence-electron chi connectivity index (χ1n) is 5.25. The number of hydrogen-bond donors (Lipinski definition) is 0. The molecule has 2 aromatic rings. The molecule has 1 atom stereocenters. The third-order valence-electron chi connectivity index (χ3n) is 2.57. The summed E-state index contributed by atoms with van der Waals surface area (Å²) in [4.78, 5) is 12.1. The van der Waals surface area contributed by atoms with E-state index in [4.69, 9.17) is 0 Å². The molecule has 1 aromatic carbocycles. The topological polar surface area (TPSA) is 40.9 Å². The molecule has 2 rings (SSSR count). The van der Waals surface area contributed by atoms with E-state index in [1.807, 2.05) is 36.6 Å². The Morgan fingerprint density at radius 2 is 2.24 bits per heavy atom. The van der Waals surface area contributed by atoms with Crippen LogP contribution in [0.4, 0.5) is 0 Å². The third kappa shape index (κ3) is 2.43. The minimum Gasteiger partial charge on any atom is -0.292 e. The SMILES string of the molecule is Cc1cccc(C(C#N)C(=O)c2ccsc2)c1. The molecule has 1 heterocycles. The lowest BCUT2D eigenvalue weighted by Gasteiger charge is -2.08. The van der Waals surface area contributed by atoms with Gasteiger partial charge in [-0.05, 0) is 23.9 Å². The largest absolute Gasteiger partial charge is 0.292 e. The molecule has 0 N–H and O–H groups in total. The van der Waals surface area contributed by atoms with Crippen molar-refractivity contribution in [3.05, 3.63) is 57.8 Å². The molecular formula is C14H11NOS. The monoisotopic (exact) mass is 241 g/mol. The van der Waals surface area contributed by atoms with E-state index in [9.17, 15) is 10.1 Å². The van der Waals surface area contributed by atoms with Crippen LogP contribution in [-0.4, -0.2) is 5.78 Å². The van der Waals surface area contributed by atoms with Crippen LogP contribution in [0, 0.1) is 18.3 Å². The summed E-state index contributed by atoms with van der Waals surface area (Å²) < 4.78 is 0. The van der Waals surface area contributed by atoms with Gasteiger partial charge in [0.1, 0.15) is 5.92 Å². The zero-order chi connectivity index (χ0) is 12.3. The number of carbonyl (C=O) groups excluding carboxylic acids is 1. The molecule has 1 aromatic heterocycles. The lowest BCUT2D eigenvalue weighted by atomic mass is 9.92. The molecule has 0 aliphatic rings. The van der Waals surface area contributed by atoms with Crippen LogP contribution in [-0.2, 0) is 0 Å². The van der Waals surface area contributed by atoms with Crippen molar-refractivity contribution in [1.29, 1.82) is 5.26 Å². The predicted octanol–water partition coefficient (Wildman–Crippen LogP) is 3.55. The van der Waals surface area contributed by atoms with Gasteiger partial charge in [-0.15, -0.1) is 0 Å². The van der Waals surface area contributed by atoms with E-state index in [0.29, 0.717) is 5.56 Å². The van der Waals surface area contributed by atoms with Crippen LogP contribution < -0.4 is 0 Å². The fourth-order valence-corrected chi connectivity index (χ4v) is 2.35. The van der Waals surface area contributed by atoms with Gasteiger partial charge in [0.15, 0.2) is 5.78 Å². The number of Topliss-reactive ketones (excluding diaryl/α,β-unsaturated/α-hetero) is 1. The van der Waals surface area contributed by atoms with Crippen molar-refractivity contribution < 1.29 is 4.79 Å². The van der Waals surface area contributed by atoms with Gasteiger partial charge in [-0.1, -0.05) is 29.8 Å². The summed E-state index contributed by atoms with van der Waals surface area (Å²) in [7, 11) is 0. The van der Waals surface area contributed by atoms with Gasteiger partial charge in [0.2, 0.25) is 0 Å². The van der Waals surface area contributed by atoms with Crippen LogP contribution >= 0.6 is 11.3 Å². The lowest BCUT2D eigenvalue weighted by Crippen LogP contribution is -2.10. The number of aryl methyl sites for hydroxylation is 1. The summed E-state index contributed by atoms with van der Waals surface area (Å²) in [5, 5.41) is 12.8. The maximum absolute atomic E-state index is 12.1. The highest BCUT2D eigenvalue weighted by Gasteiger charge is 2.21. The van der Waals surface area contributed by atoms with Gasteiger partial charge in [-0.2, -0.15) is 16.6 Å². The molecule has 3 heteroatoms. The maximum atomic E-state index is 12.1. The van der Waals surface area contributed by atoms with E-state index in [2.05, 4.69) is 6.07 Å². The van der Waals surface area contributed by atoms with Gasteiger partial charge in [0.05, 0.1) is 6.07 Å². The van der Waals surface area contributed by atoms with Gasteiger partial charge >= 0.3 is 0 Å². The third-order valence-corrected chi connectivity index (χ3v) is 3.26. The Hall–Kier alpha value is -1.92. The Balaban J connectivity index is 2.35. The first kappa shape index (κ1) is 11.6. The average molecular weight is 241 g/mol. The highest BCUT2D eigenvalue weighted by atomic mass is 32.1. The minimum atomic E-state index is -0.704. The van der Waals surface area contributed by atoms with Crippen LogP contribution in [0.5, 0.6) is 0 Å². The van der Waals surface area contributed by atoms with Crippen molar-refractivity contribution in [1.82, 2.24) is 0 Å². The van der Waals surface area contributed by atoms with Crippen molar-refractivity contribution in [2.75, 3.05) is 0 Å². The number of carbonyl (C=O) groups is 1. The van der Waals surface area contributed by atoms with E-state index < -0.39 is 5.92 Å². The summed E-state index contributed by atoms with van der Waals surface area (Å²) in [5.41, 5.74) is 2.44. The Kier molecular flexibility index (Phi) is 3.36. The molecule has 0 bridgehead atoms. The molecule has 2 nitrogen and oxygen atoms in total. The van der Waals surface area contributed by atoms with Crippen molar-refractivity contribution in [3.63, 3.8) is 0 Å². The number of nitrogens with zero attached hydrogens (tertiary/aromatic N) is 1. The molecule has 1 unspecified atom stereocenters. The standard InChI is InChI=1S/C14H11NOS/c1-10-3-2-4-11(7-10)13(8-15)14(16)12-5-6-17-9-12/h2-7,9,13H,1H3. The highest BCUT2D eigenvalue weighted by molar-refractivity contribution is 7.08. The molecular weight excluding hydrogens is 230 g/mol. The van der Waals surface area contributed by atoms with Gasteiger partial charge in [0, 0.05) is 10.9 Å². The van der Waals surface area contributed by atoms with Gasteiger partial charge in [-0.25, -0.2) is 0 Å². The van der Waals surface area contributed by atoms with Gasteiger partial charge in [-0.3, -0.25) is 4.79 Å². The number of rotatable bonds is 3. The van der Waals surface area contributed by atoms with E-state index >= 15 is 0 Å². The summed E-state index contributed by atoms with van der Waals surface area (Å²) >= 11 is 1.46. The Morgan fingerprint density at radius 1 is 1.41 bits per heavy atom. The first-order valence-corrected chi connectivity index (χ1v) is 6.19. The van der Waals surface area contributed by atoms with E-state index in [-0.39, 0.29) is 5.78 Å². The second-order valence-electron chi connectivity index (χ2n) is 3.85.